The Morgan fingerprint density at radius 1 is 1.07 bits per heavy atom. The molecular formula is C21H25NO6S. The summed E-state index contributed by atoms with van der Waals surface area (Å²) in [6, 6.07) is 11.6. The molecule has 0 saturated carbocycles. The van der Waals surface area contributed by atoms with Gasteiger partial charge in [-0.3, -0.25) is 9.59 Å². The molecule has 0 amide bonds. The second-order valence-electron chi connectivity index (χ2n) is 6.64. The van der Waals surface area contributed by atoms with Crippen molar-refractivity contribution in [1.82, 2.24) is 4.72 Å². The van der Waals surface area contributed by atoms with Crippen molar-refractivity contribution >= 4 is 21.8 Å². The highest BCUT2D eigenvalue weighted by Crippen LogP contribution is 2.17. The topological polar surface area (TPSA) is 98.8 Å². The standard InChI is InChI=1S/C21H25NO6S/c1-14-5-6-15(2)19(13-14)29(25,26)22-12-11-20(23)28-16(3)21(24)17-7-9-18(27-4)10-8-17/h5-10,13,16,22H,11-12H2,1-4H3/t16-/m0/s1. The van der Waals surface area contributed by atoms with E-state index in [0.717, 1.165) is 5.56 Å². The van der Waals surface area contributed by atoms with Gasteiger partial charge in [-0.25, -0.2) is 13.1 Å². The Hall–Kier alpha value is -2.71. The monoisotopic (exact) mass is 419 g/mol. The quantitative estimate of drug-likeness (QED) is 0.496. The number of sulfonamides is 1. The van der Waals surface area contributed by atoms with E-state index in [1.807, 2.05) is 6.07 Å². The predicted molar refractivity (Wildman–Crippen MR) is 109 cm³/mol. The Balaban J connectivity index is 1.88. The van der Waals surface area contributed by atoms with Crippen LogP contribution in [0.1, 0.15) is 34.8 Å². The van der Waals surface area contributed by atoms with Gasteiger partial charge in [-0.15, -0.1) is 0 Å². The van der Waals surface area contributed by atoms with E-state index in [-0.39, 0.29) is 23.6 Å². The van der Waals surface area contributed by atoms with Crippen molar-refractivity contribution in [2.75, 3.05) is 13.7 Å². The molecule has 0 radical (unpaired) electrons. The SMILES string of the molecule is COc1ccc(C(=O)[C@H](C)OC(=O)CCNS(=O)(=O)c2cc(C)ccc2C)cc1. The summed E-state index contributed by atoms with van der Waals surface area (Å²) in [5.41, 5.74) is 1.83. The second kappa shape index (κ2) is 9.67. The number of hydrogen-bond acceptors (Lipinski definition) is 6. The van der Waals surface area contributed by atoms with Crippen LogP contribution in [0.15, 0.2) is 47.4 Å². The van der Waals surface area contributed by atoms with Gasteiger partial charge < -0.3 is 9.47 Å². The molecule has 1 atom stereocenters. The zero-order chi connectivity index (χ0) is 21.6. The molecule has 1 N–H and O–H groups in total. The lowest BCUT2D eigenvalue weighted by Crippen LogP contribution is -2.29. The van der Waals surface area contributed by atoms with Crippen molar-refractivity contribution < 1.29 is 27.5 Å². The number of hydrogen-bond donors (Lipinski definition) is 1. The molecular weight excluding hydrogens is 394 g/mol. The Morgan fingerprint density at radius 2 is 1.72 bits per heavy atom. The summed E-state index contributed by atoms with van der Waals surface area (Å²) in [6.07, 6.45) is -1.17. The van der Waals surface area contributed by atoms with Crippen LogP contribution in [0.3, 0.4) is 0 Å². The first-order chi connectivity index (χ1) is 13.6. The minimum Gasteiger partial charge on any atom is -0.497 e. The lowest BCUT2D eigenvalue weighted by Gasteiger charge is -2.13. The summed E-state index contributed by atoms with van der Waals surface area (Å²) in [7, 11) is -2.22. The number of benzene rings is 2. The summed E-state index contributed by atoms with van der Waals surface area (Å²) in [5, 5.41) is 0. The number of rotatable bonds is 9. The van der Waals surface area contributed by atoms with Crippen LogP contribution in [-0.4, -0.2) is 39.9 Å². The summed E-state index contributed by atoms with van der Waals surface area (Å²) in [5.74, 6) is -0.401. The molecule has 2 rings (SSSR count). The predicted octanol–water partition coefficient (Wildman–Crippen LogP) is 2.80. The minimum absolute atomic E-state index is 0.127. The molecule has 2 aromatic rings. The zero-order valence-corrected chi connectivity index (χ0v) is 17.7. The Kier molecular flexibility index (Phi) is 7.53. The van der Waals surface area contributed by atoms with Crippen LogP contribution in [0.4, 0.5) is 0 Å². The summed E-state index contributed by atoms with van der Waals surface area (Å²) >= 11 is 0. The number of carbonyl (C=O) groups is 2. The number of carbonyl (C=O) groups excluding carboxylic acids is 2. The van der Waals surface area contributed by atoms with Crippen molar-refractivity contribution in [3.05, 3.63) is 59.2 Å². The third kappa shape index (κ3) is 6.13. The van der Waals surface area contributed by atoms with Crippen LogP contribution >= 0.6 is 0 Å². The number of Topliss-reactive ketones (excluding diaryl/α,β-unsaturated/α-hetero) is 1. The second-order valence-corrected chi connectivity index (χ2v) is 8.38. The van der Waals surface area contributed by atoms with Gasteiger partial charge in [0.1, 0.15) is 5.75 Å². The van der Waals surface area contributed by atoms with Crippen LogP contribution in [0.25, 0.3) is 0 Å². The lowest BCUT2D eigenvalue weighted by atomic mass is 10.1. The Bertz CT molecular complexity index is 983. The molecule has 0 saturated heterocycles. The number of ether oxygens (including phenoxy) is 2. The van der Waals surface area contributed by atoms with Gasteiger partial charge in [0.05, 0.1) is 18.4 Å². The normalized spacial score (nSPS) is 12.3. The Labute approximate surface area is 171 Å². The number of aryl methyl sites for hydroxylation is 2. The van der Waals surface area contributed by atoms with Crippen molar-refractivity contribution in [3.8, 4) is 5.75 Å². The average Bonchev–Trinajstić information content (AvgIpc) is 2.69. The first kappa shape index (κ1) is 22.6. The highest BCUT2D eigenvalue weighted by atomic mass is 32.2. The fourth-order valence-electron chi connectivity index (χ4n) is 2.66. The summed E-state index contributed by atoms with van der Waals surface area (Å²) in [6.45, 7) is 4.86. The fraction of sp³-hybridized carbons (Fsp3) is 0.333. The molecule has 7 nitrogen and oxygen atoms in total. The molecule has 8 heteroatoms. The highest BCUT2D eigenvalue weighted by Gasteiger charge is 2.21. The lowest BCUT2D eigenvalue weighted by molar-refractivity contribution is -0.146. The molecule has 156 valence electrons. The zero-order valence-electron chi connectivity index (χ0n) is 16.9. The molecule has 0 heterocycles. The van der Waals surface area contributed by atoms with Gasteiger partial charge in [0.25, 0.3) is 0 Å². The molecule has 0 aliphatic carbocycles. The third-order valence-electron chi connectivity index (χ3n) is 4.31. The summed E-state index contributed by atoms with van der Waals surface area (Å²) in [4.78, 5) is 24.5. The molecule has 2 aromatic carbocycles. The molecule has 0 unspecified atom stereocenters. The van der Waals surface area contributed by atoms with Gasteiger partial charge >= 0.3 is 5.97 Å². The number of ketones is 1. The van der Waals surface area contributed by atoms with E-state index in [1.54, 1.807) is 50.2 Å². The van der Waals surface area contributed by atoms with Crippen molar-refractivity contribution in [1.29, 1.82) is 0 Å². The number of esters is 1. The molecule has 0 spiro atoms. The van der Waals surface area contributed by atoms with Crippen LogP contribution in [0.5, 0.6) is 5.75 Å². The molecule has 0 aliphatic rings. The van der Waals surface area contributed by atoms with Gasteiger partial charge in [0.2, 0.25) is 15.8 Å². The molecule has 0 aromatic heterocycles. The maximum atomic E-state index is 12.4. The minimum atomic E-state index is -3.74. The van der Waals surface area contributed by atoms with Gasteiger partial charge in [-0.2, -0.15) is 0 Å². The molecule has 0 aliphatic heterocycles. The van der Waals surface area contributed by atoms with E-state index < -0.39 is 22.1 Å². The van der Waals surface area contributed by atoms with E-state index in [1.165, 1.54) is 14.0 Å². The average molecular weight is 419 g/mol. The van der Waals surface area contributed by atoms with E-state index in [2.05, 4.69) is 4.72 Å². The first-order valence-electron chi connectivity index (χ1n) is 9.08. The molecule has 29 heavy (non-hydrogen) atoms. The van der Waals surface area contributed by atoms with Gasteiger partial charge in [-0.05, 0) is 62.2 Å². The van der Waals surface area contributed by atoms with E-state index >= 15 is 0 Å². The van der Waals surface area contributed by atoms with Crippen molar-refractivity contribution in [3.63, 3.8) is 0 Å². The van der Waals surface area contributed by atoms with Gasteiger partial charge in [0, 0.05) is 12.1 Å². The number of nitrogens with one attached hydrogen (secondary N) is 1. The number of methoxy groups -OCH3 is 1. The van der Waals surface area contributed by atoms with Crippen molar-refractivity contribution in [2.24, 2.45) is 0 Å². The van der Waals surface area contributed by atoms with Crippen LogP contribution in [-0.2, 0) is 19.6 Å². The fourth-order valence-corrected chi connectivity index (χ4v) is 4.02. The molecule has 0 fully saturated rings. The van der Waals surface area contributed by atoms with Gasteiger partial charge in [-0.1, -0.05) is 12.1 Å². The Morgan fingerprint density at radius 3 is 2.34 bits per heavy atom. The van der Waals surface area contributed by atoms with Gasteiger partial charge in [0.15, 0.2) is 6.10 Å². The molecule has 0 bridgehead atoms. The van der Waals surface area contributed by atoms with Crippen LogP contribution < -0.4 is 9.46 Å². The highest BCUT2D eigenvalue weighted by molar-refractivity contribution is 7.89. The maximum absolute atomic E-state index is 12.4. The smallest absolute Gasteiger partial charge is 0.307 e. The maximum Gasteiger partial charge on any atom is 0.307 e. The van der Waals surface area contributed by atoms with Crippen molar-refractivity contribution in [2.45, 2.75) is 38.2 Å². The summed E-state index contributed by atoms with van der Waals surface area (Å²) < 4.78 is 37.4. The van der Waals surface area contributed by atoms with Crippen LogP contribution in [0.2, 0.25) is 0 Å². The van der Waals surface area contributed by atoms with E-state index in [9.17, 15) is 18.0 Å². The van der Waals surface area contributed by atoms with E-state index in [0.29, 0.717) is 16.9 Å². The third-order valence-corrected chi connectivity index (χ3v) is 5.91. The first-order valence-corrected chi connectivity index (χ1v) is 10.6. The van der Waals surface area contributed by atoms with Crippen LogP contribution in [0, 0.1) is 13.8 Å². The largest absolute Gasteiger partial charge is 0.497 e. The van der Waals surface area contributed by atoms with E-state index in [4.69, 9.17) is 9.47 Å².